The van der Waals surface area contributed by atoms with Crippen LogP contribution in [0, 0.1) is 0 Å². The molecule has 2 aliphatic heterocycles. The molecule has 0 amide bonds. The van der Waals surface area contributed by atoms with E-state index in [0.29, 0.717) is 0 Å². The molecule has 3 heterocycles. The highest BCUT2D eigenvalue weighted by Gasteiger charge is 2.36. The average molecular weight is 216 g/mol. The molecule has 0 unspecified atom stereocenters. The minimum Gasteiger partial charge on any atom is -0.300 e. The highest BCUT2D eigenvalue weighted by Crippen LogP contribution is 2.40. The van der Waals surface area contributed by atoms with Gasteiger partial charge in [0.1, 0.15) is 0 Å². The molecule has 2 heteroatoms. The molecule has 2 fully saturated rings. The minimum atomic E-state index is 0.750. The summed E-state index contributed by atoms with van der Waals surface area (Å²) in [7, 11) is 2.31. The molecule has 3 rings (SSSR count). The van der Waals surface area contributed by atoms with Crippen LogP contribution in [0.3, 0.4) is 0 Å². The lowest BCUT2D eigenvalue weighted by Gasteiger charge is -2.47. The molecule has 86 valence electrons. The summed E-state index contributed by atoms with van der Waals surface area (Å²) in [6.07, 6.45) is 10.8. The quantitative estimate of drug-likeness (QED) is 0.717. The molecule has 1 aromatic rings. The Labute approximate surface area is 97.7 Å². The van der Waals surface area contributed by atoms with Gasteiger partial charge in [-0.15, -0.1) is 0 Å². The van der Waals surface area contributed by atoms with Crippen molar-refractivity contribution in [3.8, 4) is 0 Å². The number of piperidine rings is 2. The van der Waals surface area contributed by atoms with E-state index in [1.165, 1.54) is 37.7 Å². The van der Waals surface area contributed by atoms with Crippen molar-refractivity contribution in [1.29, 1.82) is 0 Å². The highest BCUT2D eigenvalue weighted by atomic mass is 15.2. The maximum Gasteiger partial charge on any atom is 0.0302 e. The Balaban J connectivity index is 1.80. The van der Waals surface area contributed by atoms with Crippen LogP contribution in [0.15, 0.2) is 24.5 Å². The Morgan fingerprint density at radius 3 is 2.62 bits per heavy atom. The van der Waals surface area contributed by atoms with Crippen molar-refractivity contribution in [2.24, 2.45) is 0 Å². The van der Waals surface area contributed by atoms with Crippen LogP contribution in [0.2, 0.25) is 0 Å². The monoisotopic (exact) mass is 216 g/mol. The van der Waals surface area contributed by atoms with E-state index in [0.717, 1.165) is 18.0 Å². The molecule has 2 aliphatic rings. The van der Waals surface area contributed by atoms with E-state index in [4.69, 9.17) is 0 Å². The number of rotatable bonds is 1. The van der Waals surface area contributed by atoms with Crippen molar-refractivity contribution < 1.29 is 0 Å². The van der Waals surface area contributed by atoms with Crippen molar-refractivity contribution >= 4 is 0 Å². The second-order valence-corrected chi connectivity index (χ2v) is 5.36. The molecule has 0 radical (unpaired) electrons. The van der Waals surface area contributed by atoms with Gasteiger partial charge < -0.3 is 4.90 Å². The number of hydrogen-bond donors (Lipinski definition) is 0. The van der Waals surface area contributed by atoms with Gasteiger partial charge in [0.05, 0.1) is 0 Å². The predicted octanol–water partition coefficient (Wildman–Crippen LogP) is 2.81. The van der Waals surface area contributed by atoms with Crippen LogP contribution in [0.1, 0.15) is 43.6 Å². The second-order valence-electron chi connectivity index (χ2n) is 5.36. The molecule has 2 saturated heterocycles. The molecule has 1 aromatic heterocycles. The first-order valence-corrected chi connectivity index (χ1v) is 6.46. The second kappa shape index (κ2) is 4.17. The number of pyridine rings is 1. The van der Waals surface area contributed by atoms with E-state index in [1.807, 2.05) is 6.20 Å². The van der Waals surface area contributed by atoms with Crippen LogP contribution in [0.25, 0.3) is 0 Å². The molecule has 0 spiro atoms. The smallest absolute Gasteiger partial charge is 0.0302 e. The summed E-state index contributed by atoms with van der Waals surface area (Å²) in [5, 5.41) is 0. The van der Waals surface area contributed by atoms with Crippen molar-refractivity contribution in [2.45, 2.75) is 50.1 Å². The lowest BCUT2D eigenvalue weighted by molar-refractivity contribution is 0.0555. The first-order chi connectivity index (χ1) is 7.84. The Hall–Kier alpha value is -0.890. The molecular formula is C14H20N2. The van der Waals surface area contributed by atoms with Gasteiger partial charge in [-0.3, -0.25) is 4.98 Å². The standard InChI is InChI=1S/C14H20N2/c1-16-13-5-2-6-14(16)9-12(8-13)11-4-3-7-15-10-11/h3-4,7,10,12-14H,2,5-6,8-9H2,1H3/t12-,13-,14+. The third-order valence-corrected chi connectivity index (χ3v) is 4.50. The Morgan fingerprint density at radius 2 is 2.00 bits per heavy atom. The van der Waals surface area contributed by atoms with E-state index in [2.05, 4.69) is 35.3 Å². The van der Waals surface area contributed by atoms with E-state index in [1.54, 1.807) is 0 Å². The normalized spacial score (nSPS) is 34.9. The first-order valence-electron chi connectivity index (χ1n) is 6.46. The van der Waals surface area contributed by atoms with Crippen molar-refractivity contribution in [3.63, 3.8) is 0 Å². The maximum absolute atomic E-state index is 4.26. The van der Waals surface area contributed by atoms with Gasteiger partial charge in [-0.1, -0.05) is 12.5 Å². The van der Waals surface area contributed by atoms with Crippen LogP contribution < -0.4 is 0 Å². The highest BCUT2D eigenvalue weighted by molar-refractivity contribution is 5.17. The fourth-order valence-electron chi connectivity index (χ4n) is 3.51. The van der Waals surface area contributed by atoms with Crippen LogP contribution in [0.4, 0.5) is 0 Å². The van der Waals surface area contributed by atoms with Gasteiger partial charge in [0.15, 0.2) is 0 Å². The number of fused-ring (bicyclic) bond motifs is 2. The Bertz CT molecular complexity index is 335. The molecule has 3 atom stereocenters. The van der Waals surface area contributed by atoms with Gasteiger partial charge in [-0.05, 0) is 50.3 Å². The fraction of sp³-hybridized carbons (Fsp3) is 0.643. The molecule has 2 bridgehead atoms. The lowest BCUT2D eigenvalue weighted by atomic mass is 9.76. The SMILES string of the molecule is CN1[C@@H]2CCC[C@H]1C[C@H](c1cccnc1)C2. The van der Waals surface area contributed by atoms with Crippen LogP contribution in [-0.4, -0.2) is 29.0 Å². The van der Waals surface area contributed by atoms with E-state index in [9.17, 15) is 0 Å². The maximum atomic E-state index is 4.26. The van der Waals surface area contributed by atoms with Gasteiger partial charge >= 0.3 is 0 Å². The third kappa shape index (κ3) is 1.75. The predicted molar refractivity (Wildman–Crippen MR) is 65.4 cm³/mol. The van der Waals surface area contributed by atoms with E-state index < -0.39 is 0 Å². The third-order valence-electron chi connectivity index (χ3n) is 4.50. The lowest BCUT2D eigenvalue weighted by Crippen LogP contribution is -2.49. The van der Waals surface area contributed by atoms with Gasteiger partial charge in [0, 0.05) is 24.5 Å². The number of nitrogens with zero attached hydrogens (tertiary/aromatic N) is 2. The first kappa shape index (κ1) is 10.3. The molecule has 0 aromatic carbocycles. The summed E-state index contributed by atoms with van der Waals surface area (Å²) >= 11 is 0. The summed E-state index contributed by atoms with van der Waals surface area (Å²) in [4.78, 5) is 6.88. The zero-order valence-electron chi connectivity index (χ0n) is 9.97. The van der Waals surface area contributed by atoms with Gasteiger partial charge in [-0.2, -0.15) is 0 Å². The van der Waals surface area contributed by atoms with Crippen molar-refractivity contribution in [1.82, 2.24) is 9.88 Å². The van der Waals surface area contributed by atoms with E-state index in [-0.39, 0.29) is 0 Å². The van der Waals surface area contributed by atoms with E-state index >= 15 is 0 Å². The number of hydrogen-bond acceptors (Lipinski definition) is 2. The summed E-state index contributed by atoms with van der Waals surface area (Å²) in [6, 6.07) is 5.96. The summed E-state index contributed by atoms with van der Waals surface area (Å²) in [5.74, 6) is 0.750. The Kier molecular flexibility index (Phi) is 2.68. The van der Waals surface area contributed by atoms with Gasteiger partial charge in [0.2, 0.25) is 0 Å². The minimum absolute atomic E-state index is 0.750. The zero-order chi connectivity index (χ0) is 11.0. The molecule has 16 heavy (non-hydrogen) atoms. The van der Waals surface area contributed by atoms with Crippen molar-refractivity contribution in [2.75, 3.05) is 7.05 Å². The Morgan fingerprint density at radius 1 is 1.25 bits per heavy atom. The summed E-state index contributed by atoms with van der Waals surface area (Å²) in [5.41, 5.74) is 1.45. The van der Waals surface area contributed by atoms with Gasteiger partial charge in [-0.25, -0.2) is 0 Å². The largest absolute Gasteiger partial charge is 0.300 e. The summed E-state index contributed by atoms with van der Waals surface area (Å²) in [6.45, 7) is 0. The zero-order valence-corrected chi connectivity index (χ0v) is 9.97. The van der Waals surface area contributed by atoms with Crippen LogP contribution in [0.5, 0.6) is 0 Å². The molecule has 0 saturated carbocycles. The van der Waals surface area contributed by atoms with Gasteiger partial charge in [0.25, 0.3) is 0 Å². The number of aromatic nitrogens is 1. The van der Waals surface area contributed by atoms with Crippen LogP contribution in [-0.2, 0) is 0 Å². The summed E-state index contributed by atoms with van der Waals surface area (Å²) < 4.78 is 0. The van der Waals surface area contributed by atoms with Crippen molar-refractivity contribution in [3.05, 3.63) is 30.1 Å². The molecule has 2 nitrogen and oxygen atoms in total. The van der Waals surface area contributed by atoms with Crippen LogP contribution >= 0.6 is 0 Å². The molecular weight excluding hydrogens is 196 g/mol. The average Bonchev–Trinajstić information content (AvgIpc) is 2.30. The topological polar surface area (TPSA) is 16.1 Å². The molecule has 0 aliphatic carbocycles. The fourth-order valence-corrected chi connectivity index (χ4v) is 3.51. The molecule has 0 N–H and O–H groups in total.